The van der Waals surface area contributed by atoms with E-state index in [0.29, 0.717) is 25.9 Å². The maximum Gasteiger partial charge on any atom is 0.227 e. The number of hydrogen-bond donors (Lipinski definition) is 1. The van der Waals surface area contributed by atoms with Crippen LogP contribution in [0.15, 0.2) is 36.5 Å². The van der Waals surface area contributed by atoms with Crippen LogP contribution in [0.25, 0.3) is 0 Å². The Morgan fingerprint density at radius 2 is 2.20 bits per heavy atom. The van der Waals surface area contributed by atoms with Gasteiger partial charge in [0.2, 0.25) is 11.8 Å². The molecule has 1 N–H and O–H groups in total. The Labute approximate surface area is 146 Å². The van der Waals surface area contributed by atoms with Crippen LogP contribution in [0.5, 0.6) is 5.75 Å². The lowest BCUT2D eigenvalue weighted by molar-refractivity contribution is -0.133. The number of nitrogens with one attached hydrogen (secondary N) is 1. The van der Waals surface area contributed by atoms with E-state index in [1.165, 1.54) is 0 Å². The van der Waals surface area contributed by atoms with E-state index in [0.717, 1.165) is 17.0 Å². The van der Waals surface area contributed by atoms with Crippen molar-refractivity contribution >= 4 is 11.8 Å². The van der Waals surface area contributed by atoms with Crippen molar-refractivity contribution in [3.8, 4) is 5.75 Å². The van der Waals surface area contributed by atoms with Crippen LogP contribution in [0.1, 0.15) is 23.7 Å². The summed E-state index contributed by atoms with van der Waals surface area (Å²) in [5, 5.41) is 6.94. The minimum atomic E-state index is -0.145. The van der Waals surface area contributed by atoms with Gasteiger partial charge in [0.1, 0.15) is 5.75 Å². The van der Waals surface area contributed by atoms with Gasteiger partial charge >= 0.3 is 0 Å². The van der Waals surface area contributed by atoms with Gasteiger partial charge in [-0.3, -0.25) is 14.3 Å². The molecular formula is C18H22N4O3. The van der Waals surface area contributed by atoms with Crippen LogP contribution in [0.3, 0.4) is 0 Å². The minimum absolute atomic E-state index is 0.0302. The normalized spacial score (nSPS) is 16.2. The molecule has 1 atom stereocenters. The number of ether oxygens (including phenoxy) is 1. The number of carbonyl (C=O) groups excluding carboxylic acids is 2. The third kappa shape index (κ3) is 3.81. The van der Waals surface area contributed by atoms with Crippen molar-refractivity contribution in [3.05, 3.63) is 47.8 Å². The second-order valence-corrected chi connectivity index (χ2v) is 6.10. The number of amides is 2. The van der Waals surface area contributed by atoms with Gasteiger partial charge in [-0.05, 0) is 23.8 Å². The third-order valence-corrected chi connectivity index (χ3v) is 4.42. The lowest BCUT2D eigenvalue weighted by Crippen LogP contribution is -2.43. The SMILES string of the molecule is CNC(=O)CC1CN(C(=O)Cc2cccc(OC)c2)Cc2ccnn21. The fraction of sp³-hybridized carbons (Fsp3) is 0.389. The first kappa shape index (κ1) is 17.0. The van der Waals surface area contributed by atoms with Crippen molar-refractivity contribution in [1.29, 1.82) is 0 Å². The van der Waals surface area contributed by atoms with Gasteiger partial charge in [-0.1, -0.05) is 12.1 Å². The van der Waals surface area contributed by atoms with Crippen LogP contribution in [0.2, 0.25) is 0 Å². The molecule has 3 rings (SSSR count). The summed E-state index contributed by atoms with van der Waals surface area (Å²) < 4.78 is 7.06. The number of nitrogens with zero attached hydrogens (tertiary/aromatic N) is 3. The van der Waals surface area contributed by atoms with Gasteiger partial charge in [0.25, 0.3) is 0 Å². The highest BCUT2D eigenvalue weighted by Gasteiger charge is 2.29. The first-order chi connectivity index (χ1) is 12.1. The molecule has 1 aliphatic rings. The van der Waals surface area contributed by atoms with Crippen LogP contribution in [0, 0.1) is 0 Å². The van der Waals surface area contributed by atoms with Crippen LogP contribution in [-0.2, 0) is 22.6 Å². The third-order valence-electron chi connectivity index (χ3n) is 4.42. The number of benzene rings is 1. The molecule has 2 aromatic rings. The summed E-state index contributed by atoms with van der Waals surface area (Å²) in [4.78, 5) is 26.3. The number of hydrogen-bond acceptors (Lipinski definition) is 4. The standard InChI is InChI=1S/C18H22N4O3/c1-19-17(23)10-15-12-21(11-14-6-7-20-22(14)15)18(24)9-13-4-3-5-16(8-13)25-2/h3-8,15H,9-12H2,1-2H3,(H,19,23). The zero-order chi connectivity index (χ0) is 17.8. The number of methoxy groups -OCH3 is 1. The monoisotopic (exact) mass is 342 g/mol. The fourth-order valence-corrected chi connectivity index (χ4v) is 3.11. The molecule has 0 spiro atoms. The average molecular weight is 342 g/mol. The summed E-state index contributed by atoms with van der Waals surface area (Å²) in [6.45, 7) is 0.984. The Morgan fingerprint density at radius 1 is 1.36 bits per heavy atom. The van der Waals surface area contributed by atoms with Gasteiger partial charge in [-0.25, -0.2) is 0 Å². The van der Waals surface area contributed by atoms with Crippen molar-refractivity contribution in [1.82, 2.24) is 20.0 Å². The summed E-state index contributed by atoms with van der Waals surface area (Å²) in [7, 11) is 3.22. The highest BCUT2D eigenvalue weighted by Crippen LogP contribution is 2.24. The van der Waals surface area contributed by atoms with Crippen molar-refractivity contribution < 1.29 is 14.3 Å². The molecule has 1 aromatic carbocycles. The van der Waals surface area contributed by atoms with E-state index in [4.69, 9.17) is 4.74 Å². The second kappa shape index (κ2) is 7.38. The van der Waals surface area contributed by atoms with E-state index >= 15 is 0 Å². The molecule has 25 heavy (non-hydrogen) atoms. The van der Waals surface area contributed by atoms with E-state index in [-0.39, 0.29) is 17.9 Å². The molecule has 0 radical (unpaired) electrons. The molecule has 1 unspecified atom stereocenters. The van der Waals surface area contributed by atoms with E-state index < -0.39 is 0 Å². The smallest absolute Gasteiger partial charge is 0.227 e. The molecule has 2 heterocycles. The van der Waals surface area contributed by atoms with Gasteiger partial charge in [-0.15, -0.1) is 0 Å². The summed E-state index contributed by atoms with van der Waals surface area (Å²) >= 11 is 0. The molecule has 1 aromatic heterocycles. The Balaban J connectivity index is 1.73. The summed E-state index contributed by atoms with van der Waals surface area (Å²) in [6, 6.07) is 9.26. The molecule has 2 amide bonds. The van der Waals surface area contributed by atoms with Crippen LogP contribution < -0.4 is 10.1 Å². The zero-order valence-electron chi connectivity index (χ0n) is 14.4. The molecule has 0 aliphatic carbocycles. The maximum absolute atomic E-state index is 12.8. The van der Waals surface area contributed by atoms with Gasteiger partial charge in [0, 0.05) is 19.8 Å². The van der Waals surface area contributed by atoms with Crippen LogP contribution in [0.4, 0.5) is 0 Å². The summed E-state index contributed by atoms with van der Waals surface area (Å²) in [5.74, 6) is 0.704. The van der Waals surface area contributed by atoms with Gasteiger partial charge in [0.05, 0.1) is 38.2 Å². The molecule has 7 nitrogen and oxygen atoms in total. The number of carbonyl (C=O) groups is 2. The molecule has 1 aliphatic heterocycles. The van der Waals surface area contributed by atoms with Crippen LogP contribution in [-0.4, -0.2) is 47.2 Å². The zero-order valence-corrected chi connectivity index (χ0v) is 14.4. The van der Waals surface area contributed by atoms with E-state index in [1.54, 1.807) is 25.3 Å². The average Bonchev–Trinajstić information content (AvgIpc) is 3.10. The van der Waals surface area contributed by atoms with Gasteiger partial charge < -0.3 is 15.0 Å². The second-order valence-electron chi connectivity index (χ2n) is 6.10. The molecule has 0 bridgehead atoms. The first-order valence-corrected chi connectivity index (χ1v) is 8.24. The van der Waals surface area contributed by atoms with Crippen molar-refractivity contribution in [2.24, 2.45) is 0 Å². The summed E-state index contributed by atoms with van der Waals surface area (Å²) in [6.07, 6.45) is 2.31. The number of aromatic nitrogens is 2. The molecule has 0 saturated carbocycles. The van der Waals surface area contributed by atoms with Crippen molar-refractivity contribution in [3.63, 3.8) is 0 Å². The van der Waals surface area contributed by atoms with E-state index in [2.05, 4.69) is 10.4 Å². The number of rotatable bonds is 5. The fourth-order valence-electron chi connectivity index (χ4n) is 3.11. The molecule has 0 fully saturated rings. The van der Waals surface area contributed by atoms with Crippen molar-refractivity contribution in [2.45, 2.75) is 25.4 Å². The van der Waals surface area contributed by atoms with Crippen LogP contribution >= 0.6 is 0 Å². The lowest BCUT2D eigenvalue weighted by atomic mass is 10.1. The number of fused-ring (bicyclic) bond motifs is 1. The highest BCUT2D eigenvalue weighted by molar-refractivity contribution is 5.79. The quantitative estimate of drug-likeness (QED) is 0.884. The Kier molecular flexibility index (Phi) is 5.02. The molecule has 7 heteroatoms. The predicted molar refractivity (Wildman–Crippen MR) is 92.1 cm³/mol. The van der Waals surface area contributed by atoms with Crippen molar-refractivity contribution in [2.75, 3.05) is 20.7 Å². The lowest BCUT2D eigenvalue weighted by Gasteiger charge is -2.33. The first-order valence-electron chi connectivity index (χ1n) is 8.24. The largest absolute Gasteiger partial charge is 0.497 e. The summed E-state index contributed by atoms with van der Waals surface area (Å²) in [5.41, 5.74) is 1.85. The Bertz CT molecular complexity index is 771. The van der Waals surface area contributed by atoms with Gasteiger partial charge in [0.15, 0.2) is 0 Å². The maximum atomic E-state index is 12.8. The Morgan fingerprint density at radius 3 is 2.96 bits per heavy atom. The molecule has 0 saturated heterocycles. The minimum Gasteiger partial charge on any atom is -0.497 e. The molecular weight excluding hydrogens is 320 g/mol. The van der Waals surface area contributed by atoms with E-state index in [1.807, 2.05) is 35.0 Å². The van der Waals surface area contributed by atoms with E-state index in [9.17, 15) is 9.59 Å². The Hall–Kier alpha value is -2.83. The predicted octanol–water partition coefficient (Wildman–Crippen LogP) is 1.15. The van der Waals surface area contributed by atoms with Gasteiger partial charge in [-0.2, -0.15) is 5.10 Å². The highest BCUT2D eigenvalue weighted by atomic mass is 16.5. The topological polar surface area (TPSA) is 76.5 Å². The molecule has 132 valence electrons.